The summed E-state index contributed by atoms with van der Waals surface area (Å²) in [5.74, 6) is 0.125. The average molecular weight is 234 g/mol. The lowest BCUT2D eigenvalue weighted by atomic mass is 10.1. The van der Waals surface area contributed by atoms with E-state index in [9.17, 15) is 4.79 Å². The molecule has 1 heterocycles. The number of nitrogens with one attached hydrogen (secondary N) is 1. The molecule has 0 aliphatic carbocycles. The van der Waals surface area contributed by atoms with E-state index in [1.807, 2.05) is 37.3 Å². The number of hydrogen-bond donors (Lipinski definition) is 1. The Kier molecular flexibility index (Phi) is 3.76. The number of methoxy groups -OCH3 is 1. The van der Waals surface area contributed by atoms with Crippen LogP contribution in [0.5, 0.6) is 0 Å². The third-order valence-electron chi connectivity index (χ3n) is 3.06. The summed E-state index contributed by atoms with van der Waals surface area (Å²) in [5.41, 5.74) is 1.02. The highest BCUT2D eigenvalue weighted by atomic mass is 16.5. The SMILES string of the molecule is COC(C)CN1CNC(c2ccccc2)C1=O. The van der Waals surface area contributed by atoms with Gasteiger partial charge >= 0.3 is 0 Å². The number of nitrogens with zero attached hydrogens (tertiary/aromatic N) is 1. The van der Waals surface area contributed by atoms with Gasteiger partial charge in [0.2, 0.25) is 5.91 Å². The van der Waals surface area contributed by atoms with Gasteiger partial charge < -0.3 is 9.64 Å². The molecule has 17 heavy (non-hydrogen) atoms. The summed E-state index contributed by atoms with van der Waals surface area (Å²) < 4.78 is 5.18. The molecular weight excluding hydrogens is 216 g/mol. The van der Waals surface area contributed by atoms with E-state index in [0.717, 1.165) is 5.56 Å². The molecule has 0 spiro atoms. The summed E-state index contributed by atoms with van der Waals surface area (Å²) in [6, 6.07) is 9.58. The number of carbonyl (C=O) groups excluding carboxylic acids is 1. The molecule has 0 radical (unpaired) electrons. The van der Waals surface area contributed by atoms with Crippen molar-refractivity contribution in [3.05, 3.63) is 35.9 Å². The monoisotopic (exact) mass is 234 g/mol. The molecular formula is C13H18N2O2. The fraction of sp³-hybridized carbons (Fsp3) is 0.462. The van der Waals surface area contributed by atoms with Crippen LogP contribution < -0.4 is 5.32 Å². The maximum Gasteiger partial charge on any atom is 0.245 e. The van der Waals surface area contributed by atoms with Crippen molar-refractivity contribution in [1.29, 1.82) is 0 Å². The Morgan fingerprint density at radius 2 is 2.18 bits per heavy atom. The Balaban J connectivity index is 2.03. The molecule has 2 rings (SSSR count). The molecule has 92 valence electrons. The summed E-state index contributed by atoms with van der Waals surface area (Å²) in [5, 5.41) is 3.22. The molecule has 0 aromatic heterocycles. The van der Waals surface area contributed by atoms with Crippen molar-refractivity contribution in [3.8, 4) is 0 Å². The van der Waals surface area contributed by atoms with E-state index >= 15 is 0 Å². The number of amides is 1. The molecule has 1 fully saturated rings. The maximum atomic E-state index is 12.2. The number of benzene rings is 1. The van der Waals surface area contributed by atoms with Crippen molar-refractivity contribution in [3.63, 3.8) is 0 Å². The van der Waals surface area contributed by atoms with Crippen molar-refractivity contribution < 1.29 is 9.53 Å². The van der Waals surface area contributed by atoms with Crippen LogP contribution in [-0.4, -0.2) is 37.2 Å². The molecule has 1 N–H and O–H groups in total. The van der Waals surface area contributed by atoms with Crippen molar-refractivity contribution in [2.24, 2.45) is 0 Å². The first-order valence-corrected chi connectivity index (χ1v) is 5.82. The second-order valence-corrected chi connectivity index (χ2v) is 4.31. The van der Waals surface area contributed by atoms with Crippen LogP contribution in [0.25, 0.3) is 0 Å². The highest BCUT2D eigenvalue weighted by molar-refractivity contribution is 5.85. The quantitative estimate of drug-likeness (QED) is 0.849. The second-order valence-electron chi connectivity index (χ2n) is 4.31. The summed E-state index contributed by atoms with van der Waals surface area (Å²) in [6.45, 7) is 3.18. The van der Waals surface area contributed by atoms with Crippen molar-refractivity contribution in [1.82, 2.24) is 10.2 Å². The van der Waals surface area contributed by atoms with E-state index < -0.39 is 0 Å². The predicted molar refractivity (Wildman–Crippen MR) is 65.4 cm³/mol. The number of rotatable bonds is 4. The zero-order chi connectivity index (χ0) is 12.3. The van der Waals surface area contributed by atoms with E-state index in [4.69, 9.17) is 4.74 Å². The smallest absolute Gasteiger partial charge is 0.245 e. The lowest BCUT2D eigenvalue weighted by Crippen LogP contribution is -2.34. The van der Waals surface area contributed by atoms with Gasteiger partial charge in [-0.05, 0) is 12.5 Å². The molecule has 1 aliphatic heterocycles. The Hall–Kier alpha value is -1.39. The molecule has 0 saturated carbocycles. The highest BCUT2D eigenvalue weighted by Gasteiger charge is 2.32. The minimum Gasteiger partial charge on any atom is -0.380 e. The van der Waals surface area contributed by atoms with Crippen LogP contribution in [0.2, 0.25) is 0 Å². The lowest BCUT2D eigenvalue weighted by molar-refractivity contribution is -0.130. The van der Waals surface area contributed by atoms with Gasteiger partial charge in [-0.1, -0.05) is 30.3 Å². The minimum absolute atomic E-state index is 0.0651. The third-order valence-corrected chi connectivity index (χ3v) is 3.06. The normalized spacial score (nSPS) is 21.9. The van der Waals surface area contributed by atoms with Crippen molar-refractivity contribution in [2.45, 2.75) is 19.1 Å². The second kappa shape index (κ2) is 5.29. The van der Waals surface area contributed by atoms with Crippen LogP contribution in [0.3, 0.4) is 0 Å². The molecule has 1 saturated heterocycles. The van der Waals surface area contributed by atoms with Crippen molar-refractivity contribution in [2.75, 3.05) is 20.3 Å². The standard InChI is InChI=1S/C13H18N2O2/c1-10(17-2)8-15-9-14-12(13(15)16)11-6-4-3-5-7-11/h3-7,10,12,14H,8-9H2,1-2H3. The van der Waals surface area contributed by atoms with E-state index in [1.165, 1.54) is 0 Å². The maximum absolute atomic E-state index is 12.2. The van der Waals surface area contributed by atoms with E-state index in [2.05, 4.69) is 5.32 Å². The number of ether oxygens (including phenoxy) is 1. The zero-order valence-electron chi connectivity index (χ0n) is 10.2. The van der Waals surface area contributed by atoms with Gasteiger partial charge in [-0.25, -0.2) is 0 Å². The van der Waals surface area contributed by atoms with Crippen molar-refractivity contribution >= 4 is 5.91 Å². The fourth-order valence-corrected chi connectivity index (χ4v) is 1.99. The Labute approximate surface area is 102 Å². The first kappa shape index (κ1) is 12.1. The van der Waals surface area contributed by atoms with Crippen LogP contribution in [0, 0.1) is 0 Å². The van der Waals surface area contributed by atoms with E-state index in [-0.39, 0.29) is 18.1 Å². The highest BCUT2D eigenvalue weighted by Crippen LogP contribution is 2.20. The van der Waals surface area contributed by atoms with Gasteiger partial charge in [0.25, 0.3) is 0 Å². The molecule has 0 bridgehead atoms. The molecule has 1 aromatic rings. The van der Waals surface area contributed by atoms with Gasteiger partial charge in [0.05, 0.1) is 12.8 Å². The minimum atomic E-state index is -0.208. The summed E-state index contributed by atoms with van der Waals surface area (Å²) in [6.07, 6.45) is 0.0651. The van der Waals surface area contributed by atoms with Gasteiger partial charge in [0.15, 0.2) is 0 Å². The lowest BCUT2D eigenvalue weighted by Gasteiger charge is -2.19. The van der Waals surface area contributed by atoms with Gasteiger partial charge in [0.1, 0.15) is 6.04 Å². The van der Waals surface area contributed by atoms with Crippen LogP contribution in [0.4, 0.5) is 0 Å². The molecule has 4 nitrogen and oxygen atoms in total. The third kappa shape index (κ3) is 2.65. The summed E-state index contributed by atoms with van der Waals surface area (Å²) in [7, 11) is 1.66. The Morgan fingerprint density at radius 3 is 2.82 bits per heavy atom. The molecule has 2 unspecified atom stereocenters. The van der Waals surface area contributed by atoms with E-state index in [0.29, 0.717) is 13.2 Å². The van der Waals surface area contributed by atoms with Crippen LogP contribution in [0.15, 0.2) is 30.3 Å². The average Bonchev–Trinajstić information content (AvgIpc) is 2.72. The van der Waals surface area contributed by atoms with Gasteiger partial charge in [-0.3, -0.25) is 10.1 Å². The molecule has 2 atom stereocenters. The molecule has 1 aromatic carbocycles. The summed E-state index contributed by atoms with van der Waals surface area (Å²) in [4.78, 5) is 14.0. The van der Waals surface area contributed by atoms with Gasteiger partial charge in [0, 0.05) is 13.7 Å². The predicted octanol–water partition coefficient (Wildman–Crippen LogP) is 1.15. The molecule has 4 heteroatoms. The van der Waals surface area contributed by atoms with Crippen LogP contribution >= 0.6 is 0 Å². The van der Waals surface area contributed by atoms with Gasteiger partial charge in [-0.15, -0.1) is 0 Å². The molecule has 1 amide bonds. The number of hydrogen-bond acceptors (Lipinski definition) is 3. The Morgan fingerprint density at radius 1 is 1.47 bits per heavy atom. The Bertz CT molecular complexity index is 380. The topological polar surface area (TPSA) is 41.6 Å². The van der Waals surface area contributed by atoms with Crippen LogP contribution in [0.1, 0.15) is 18.5 Å². The largest absolute Gasteiger partial charge is 0.380 e. The summed E-state index contributed by atoms with van der Waals surface area (Å²) >= 11 is 0. The number of carbonyl (C=O) groups is 1. The fourth-order valence-electron chi connectivity index (χ4n) is 1.99. The van der Waals surface area contributed by atoms with Gasteiger partial charge in [-0.2, -0.15) is 0 Å². The zero-order valence-corrected chi connectivity index (χ0v) is 10.2. The van der Waals surface area contributed by atoms with E-state index in [1.54, 1.807) is 12.0 Å². The molecule has 1 aliphatic rings. The first-order valence-electron chi connectivity index (χ1n) is 5.82. The first-order chi connectivity index (χ1) is 8.22. The van der Waals surface area contributed by atoms with Crippen LogP contribution in [-0.2, 0) is 9.53 Å².